The quantitative estimate of drug-likeness (QED) is 0.874. The summed E-state index contributed by atoms with van der Waals surface area (Å²) in [5.74, 6) is 1.79. The number of hydrogen-bond acceptors (Lipinski definition) is 4. The molecule has 2 aromatic heterocycles. The number of nitriles is 1. The molecule has 1 unspecified atom stereocenters. The lowest BCUT2D eigenvalue weighted by atomic mass is 10.1. The van der Waals surface area contributed by atoms with Gasteiger partial charge in [-0.05, 0) is 37.6 Å². The monoisotopic (exact) mass is 241 g/mol. The van der Waals surface area contributed by atoms with Gasteiger partial charge in [-0.15, -0.1) is 0 Å². The Balaban J connectivity index is 1.83. The maximum absolute atomic E-state index is 8.68. The van der Waals surface area contributed by atoms with Gasteiger partial charge in [0, 0.05) is 18.7 Å². The van der Waals surface area contributed by atoms with Gasteiger partial charge in [0.15, 0.2) is 0 Å². The van der Waals surface area contributed by atoms with Crippen LogP contribution in [0.4, 0.5) is 5.82 Å². The van der Waals surface area contributed by atoms with E-state index < -0.39 is 0 Å². The number of aryl methyl sites for hydroxylation is 1. The molecular formula is C14H15N3O. The van der Waals surface area contributed by atoms with Crippen LogP contribution in [0.25, 0.3) is 0 Å². The van der Waals surface area contributed by atoms with Crippen molar-refractivity contribution in [3.05, 3.63) is 48.0 Å². The zero-order chi connectivity index (χ0) is 12.8. The molecule has 0 amide bonds. The zero-order valence-corrected chi connectivity index (χ0v) is 10.3. The summed E-state index contributed by atoms with van der Waals surface area (Å²) in [6, 6.07) is 9.81. The van der Waals surface area contributed by atoms with Crippen LogP contribution in [0.2, 0.25) is 0 Å². The molecule has 4 nitrogen and oxygen atoms in total. The maximum Gasteiger partial charge on any atom is 0.126 e. The summed E-state index contributed by atoms with van der Waals surface area (Å²) in [5, 5.41) is 12.0. The van der Waals surface area contributed by atoms with Crippen molar-refractivity contribution in [1.29, 1.82) is 5.26 Å². The Kier molecular flexibility index (Phi) is 3.98. The van der Waals surface area contributed by atoms with E-state index in [1.165, 1.54) is 0 Å². The van der Waals surface area contributed by atoms with E-state index in [2.05, 4.69) is 17.2 Å². The Morgan fingerprint density at radius 1 is 1.44 bits per heavy atom. The molecule has 0 bridgehead atoms. The molecule has 2 rings (SSSR count). The second kappa shape index (κ2) is 5.87. The molecule has 0 radical (unpaired) electrons. The summed E-state index contributed by atoms with van der Waals surface area (Å²) < 4.78 is 5.28. The number of pyridine rings is 1. The summed E-state index contributed by atoms with van der Waals surface area (Å²) in [6.07, 6.45) is 5.13. The van der Waals surface area contributed by atoms with Gasteiger partial charge in [0.1, 0.15) is 17.6 Å². The second-order valence-corrected chi connectivity index (χ2v) is 4.21. The van der Waals surface area contributed by atoms with Gasteiger partial charge in [0.2, 0.25) is 0 Å². The molecule has 92 valence electrons. The Hall–Kier alpha value is -2.28. The lowest BCUT2D eigenvalue weighted by Crippen LogP contribution is -2.16. The first-order valence-corrected chi connectivity index (χ1v) is 5.93. The van der Waals surface area contributed by atoms with E-state index >= 15 is 0 Å². The molecule has 0 spiro atoms. The van der Waals surface area contributed by atoms with E-state index in [9.17, 15) is 0 Å². The van der Waals surface area contributed by atoms with E-state index in [0.29, 0.717) is 11.6 Å². The summed E-state index contributed by atoms with van der Waals surface area (Å²) in [4.78, 5) is 4.18. The largest absolute Gasteiger partial charge is 0.469 e. The number of nitrogens with one attached hydrogen (secondary N) is 1. The van der Waals surface area contributed by atoms with Crippen molar-refractivity contribution < 1.29 is 4.42 Å². The van der Waals surface area contributed by atoms with E-state index in [-0.39, 0.29) is 0 Å². The number of hydrogen-bond donors (Lipinski definition) is 1. The molecule has 18 heavy (non-hydrogen) atoms. The average molecular weight is 241 g/mol. The summed E-state index contributed by atoms with van der Waals surface area (Å²) >= 11 is 0. The maximum atomic E-state index is 8.68. The predicted molar refractivity (Wildman–Crippen MR) is 69.1 cm³/mol. The number of anilines is 1. The number of furan rings is 1. The molecule has 1 N–H and O–H groups in total. The van der Waals surface area contributed by atoms with Gasteiger partial charge in [-0.1, -0.05) is 0 Å². The van der Waals surface area contributed by atoms with Crippen LogP contribution in [-0.2, 0) is 6.42 Å². The first-order valence-electron chi connectivity index (χ1n) is 5.93. The Morgan fingerprint density at radius 2 is 2.33 bits per heavy atom. The predicted octanol–water partition coefficient (Wildman–Crippen LogP) is 2.98. The third kappa shape index (κ3) is 3.36. The van der Waals surface area contributed by atoms with Gasteiger partial charge in [-0.2, -0.15) is 5.26 Å². The number of rotatable bonds is 5. The molecule has 0 fully saturated rings. The van der Waals surface area contributed by atoms with E-state index in [1.54, 1.807) is 18.5 Å². The fourth-order valence-corrected chi connectivity index (χ4v) is 1.68. The highest BCUT2D eigenvalue weighted by atomic mass is 16.3. The minimum absolute atomic E-state index is 0.301. The molecule has 0 aliphatic heterocycles. The SMILES string of the molecule is CC(CCc1ccco1)Nc1ccc(C#N)cn1. The van der Waals surface area contributed by atoms with E-state index in [0.717, 1.165) is 24.4 Å². The van der Waals surface area contributed by atoms with Crippen molar-refractivity contribution in [2.45, 2.75) is 25.8 Å². The highest BCUT2D eigenvalue weighted by molar-refractivity contribution is 5.39. The van der Waals surface area contributed by atoms with Crippen LogP contribution in [0.15, 0.2) is 41.1 Å². The minimum Gasteiger partial charge on any atom is -0.469 e. The van der Waals surface area contributed by atoms with Crippen LogP contribution in [0.1, 0.15) is 24.7 Å². The van der Waals surface area contributed by atoms with Crippen molar-refractivity contribution in [2.75, 3.05) is 5.32 Å². The van der Waals surface area contributed by atoms with Crippen molar-refractivity contribution in [3.63, 3.8) is 0 Å². The van der Waals surface area contributed by atoms with Crippen molar-refractivity contribution in [2.24, 2.45) is 0 Å². The van der Waals surface area contributed by atoms with E-state index in [1.807, 2.05) is 24.3 Å². The summed E-state index contributed by atoms with van der Waals surface area (Å²) in [7, 11) is 0. The topological polar surface area (TPSA) is 61.9 Å². The van der Waals surface area contributed by atoms with Gasteiger partial charge in [-0.3, -0.25) is 0 Å². The molecule has 0 aromatic carbocycles. The molecule has 0 saturated carbocycles. The van der Waals surface area contributed by atoms with Crippen LogP contribution in [0, 0.1) is 11.3 Å². The number of aromatic nitrogens is 1. The van der Waals surface area contributed by atoms with E-state index in [4.69, 9.17) is 9.68 Å². The normalized spacial score (nSPS) is 11.8. The van der Waals surface area contributed by atoms with Crippen molar-refractivity contribution in [1.82, 2.24) is 4.98 Å². The summed E-state index contributed by atoms with van der Waals surface area (Å²) in [6.45, 7) is 2.10. The van der Waals surface area contributed by atoms with Gasteiger partial charge in [0.25, 0.3) is 0 Å². The zero-order valence-electron chi connectivity index (χ0n) is 10.3. The van der Waals surface area contributed by atoms with Gasteiger partial charge in [0.05, 0.1) is 11.8 Å². The fraction of sp³-hybridized carbons (Fsp3) is 0.286. The third-order valence-corrected chi connectivity index (χ3v) is 2.69. The fourth-order valence-electron chi connectivity index (χ4n) is 1.68. The highest BCUT2D eigenvalue weighted by Crippen LogP contribution is 2.10. The van der Waals surface area contributed by atoms with Crippen molar-refractivity contribution >= 4 is 5.82 Å². The molecule has 0 aliphatic rings. The van der Waals surface area contributed by atoms with Crippen LogP contribution < -0.4 is 5.32 Å². The van der Waals surface area contributed by atoms with Crippen LogP contribution in [0.5, 0.6) is 0 Å². The Bertz CT molecular complexity index is 511. The Labute approximate surface area is 106 Å². The standard InChI is InChI=1S/C14H15N3O/c1-11(4-6-13-3-2-8-18-13)17-14-7-5-12(9-15)10-16-14/h2-3,5,7-8,10-11H,4,6H2,1H3,(H,16,17). The average Bonchev–Trinajstić information content (AvgIpc) is 2.90. The third-order valence-electron chi connectivity index (χ3n) is 2.69. The lowest BCUT2D eigenvalue weighted by molar-refractivity contribution is 0.495. The van der Waals surface area contributed by atoms with Crippen LogP contribution >= 0.6 is 0 Å². The molecule has 0 aliphatic carbocycles. The molecule has 4 heteroatoms. The molecule has 1 atom stereocenters. The lowest BCUT2D eigenvalue weighted by Gasteiger charge is -2.13. The first kappa shape index (κ1) is 12.2. The van der Waals surface area contributed by atoms with Crippen molar-refractivity contribution in [3.8, 4) is 6.07 Å². The minimum atomic E-state index is 0.301. The molecular weight excluding hydrogens is 226 g/mol. The molecule has 2 heterocycles. The first-order chi connectivity index (χ1) is 8.78. The van der Waals surface area contributed by atoms with Gasteiger partial charge in [-0.25, -0.2) is 4.98 Å². The van der Waals surface area contributed by atoms with Crippen LogP contribution in [-0.4, -0.2) is 11.0 Å². The smallest absolute Gasteiger partial charge is 0.126 e. The van der Waals surface area contributed by atoms with Crippen LogP contribution in [0.3, 0.4) is 0 Å². The van der Waals surface area contributed by atoms with Gasteiger partial charge >= 0.3 is 0 Å². The molecule has 0 saturated heterocycles. The van der Waals surface area contributed by atoms with Gasteiger partial charge < -0.3 is 9.73 Å². The highest BCUT2D eigenvalue weighted by Gasteiger charge is 2.05. The number of nitrogens with zero attached hydrogens (tertiary/aromatic N) is 2. The summed E-state index contributed by atoms with van der Waals surface area (Å²) in [5.41, 5.74) is 0.573. The molecule has 2 aromatic rings. The Morgan fingerprint density at radius 3 is 2.94 bits per heavy atom. The second-order valence-electron chi connectivity index (χ2n) is 4.21.